The molecule has 0 aliphatic carbocycles. The van der Waals surface area contributed by atoms with Crippen LogP contribution in [0, 0.1) is 6.92 Å². The van der Waals surface area contributed by atoms with Gasteiger partial charge >= 0.3 is 0 Å². The summed E-state index contributed by atoms with van der Waals surface area (Å²) in [5.74, 6) is -0.150. The lowest BCUT2D eigenvalue weighted by Gasteiger charge is -2.08. The van der Waals surface area contributed by atoms with Gasteiger partial charge in [-0.3, -0.25) is 4.79 Å². The van der Waals surface area contributed by atoms with Gasteiger partial charge in [-0.25, -0.2) is 0 Å². The van der Waals surface area contributed by atoms with E-state index in [2.05, 4.69) is 33.9 Å². The maximum Gasteiger partial charge on any atom is 0.256 e. The maximum atomic E-state index is 12.1. The van der Waals surface area contributed by atoms with E-state index in [9.17, 15) is 4.79 Å². The van der Waals surface area contributed by atoms with Crippen LogP contribution in [0.1, 0.15) is 15.9 Å². The van der Waals surface area contributed by atoms with E-state index in [1.54, 1.807) is 6.07 Å². The van der Waals surface area contributed by atoms with Gasteiger partial charge in [0.2, 0.25) is 0 Å². The number of rotatable bonds is 2. The molecule has 0 aliphatic heterocycles. The van der Waals surface area contributed by atoms with Crippen LogP contribution in [0.2, 0.25) is 0 Å². The molecule has 0 saturated heterocycles. The Morgan fingerprint density at radius 2 is 2.00 bits per heavy atom. The molecule has 1 amide bonds. The molecule has 0 radical (unpaired) electrons. The summed E-state index contributed by atoms with van der Waals surface area (Å²) in [4.78, 5) is 12.9. The van der Waals surface area contributed by atoms with Gasteiger partial charge in [-0.1, -0.05) is 12.1 Å². The van der Waals surface area contributed by atoms with E-state index in [4.69, 9.17) is 0 Å². The highest BCUT2D eigenvalue weighted by molar-refractivity contribution is 9.10. The maximum absolute atomic E-state index is 12.1. The van der Waals surface area contributed by atoms with Crippen molar-refractivity contribution < 1.29 is 4.79 Å². The van der Waals surface area contributed by atoms with Crippen LogP contribution >= 0.6 is 28.6 Å². The van der Waals surface area contributed by atoms with Crippen LogP contribution in [0.4, 0.5) is 5.69 Å². The zero-order valence-electron chi connectivity index (χ0n) is 9.77. The van der Waals surface area contributed by atoms with Crippen molar-refractivity contribution in [2.24, 2.45) is 0 Å². The Hall–Kier alpha value is -1.26. The van der Waals surface area contributed by atoms with Crippen LogP contribution < -0.4 is 5.32 Å². The monoisotopic (exact) mass is 321 g/mol. The van der Waals surface area contributed by atoms with Gasteiger partial charge in [-0.2, -0.15) is 0 Å². The molecule has 2 aromatic carbocycles. The van der Waals surface area contributed by atoms with E-state index >= 15 is 0 Å². The van der Waals surface area contributed by atoms with Gasteiger partial charge in [0.05, 0.1) is 5.56 Å². The van der Waals surface area contributed by atoms with Gasteiger partial charge < -0.3 is 5.32 Å². The van der Waals surface area contributed by atoms with Crippen molar-refractivity contribution in [3.8, 4) is 0 Å². The third kappa shape index (κ3) is 3.15. The van der Waals surface area contributed by atoms with Crippen molar-refractivity contribution >= 4 is 40.2 Å². The molecule has 0 spiro atoms. The van der Waals surface area contributed by atoms with Crippen LogP contribution in [-0.4, -0.2) is 5.91 Å². The third-order valence-electron chi connectivity index (χ3n) is 2.47. The Morgan fingerprint density at radius 3 is 2.72 bits per heavy atom. The second-order valence-corrected chi connectivity index (χ2v) is 5.36. The summed E-state index contributed by atoms with van der Waals surface area (Å²) in [5.41, 5.74) is 2.47. The fraction of sp³-hybridized carbons (Fsp3) is 0.0714. The molecule has 0 aromatic heterocycles. The first-order valence-electron chi connectivity index (χ1n) is 5.43. The number of thiol groups is 1. The molecule has 0 fully saturated rings. The number of amides is 1. The topological polar surface area (TPSA) is 29.1 Å². The van der Waals surface area contributed by atoms with Crippen LogP contribution in [0.5, 0.6) is 0 Å². The average molecular weight is 322 g/mol. The minimum Gasteiger partial charge on any atom is -0.322 e. The van der Waals surface area contributed by atoms with E-state index in [1.807, 2.05) is 43.3 Å². The zero-order chi connectivity index (χ0) is 13.1. The predicted molar refractivity (Wildman–Crippen MR) is 80.5 cm³/mol. The molecule has 0 bridgehead atoms. The van der Waals surface area contributed by atoms with Crippen molar-refractivity contribution in [2.45, 2.75) is 11.8 Å². The lowest BCUT2D eigenvalue weighted by molar-refractivity contribution is 0.102. The fourth-order valence-corrected chi connectivity index (χ4v) is 2.24. The molecular weight excluding hydrogens is 310 g/mol. The van der Waals surface area contributed by atoms with Gasteiger partial charge in [-0.15, -0.1) is 12.6 Å². The summed E-state index contributed by atoms with van der Waals surface area (Å²) >= 11 is 7.60. The van der Waals surface area contributed by atoms with Crippen molar-refractivity contribution in [3.05, 3.63) is 58.1 Å². The van der Waals surface area contributed by atoms with Gasteiger partial charge in [0.1, 0.15) is 0 Å². The minimum absolute atomic E-state index is 0.150. The largest absolute Gasteiger partial charge is 0.322 e. The van der Waals surface area contributed by atoms with Crippen molar-refractivity contribution in [1.29, 1.82) is 0 Å². The molecule has 0 unspecified atom stereocenters. The summed E-state index contributed by atoms with van der Waals surface area (Å²) in [5, 5.41) is 2.86. The Labute approximate surface area is 120 Å². The standard InChI is InChI=1S/C14H12BrNOS/c1-9-3-2-4-10(7-9)16-14(17)12-8-11(18)5-6-13(12)15/h2-8,18H,1H3,(H,16,17). The Kier molecular flexibility index (Phi) is 4.09. The second kappa shape index (κ2) is 5.59. The van der Waals surface area contributed by atoms with Crippen molar-refractivity contribution in [3.63, 3.8) is 0 Å². The van der Waals surface area contributed by atoms with Gasteiger partial charge in [0.15, 0.2) is 0 Å². The predicted octanol–water partition coefficient (Wildman–Crippen LogP) is 4.30. The summed E-state index contributed by atoms with van der Waals surface area (Å²) in [7, 11) is 0. The molecular formula is C14H12BrNOS. The summed E-state index contributed by atoms with van der Waals surface area (Å²) < 4.78 is 0.755. The summed E-state index contributed by atoms with van der Waals surface area (Å²) in [6, 6.07) is 13.1. The zero-order valence-corrected chi connectivity index (χ0v) is 12.3. The number of anilines is 1. The summed E-state index contributed by atoms with van der Waals surface area (Å²) in [6.07, 6.45) is 0. The molecule has 1 N–H and O–H groups in total. The van der Waals surface area contributed by atoms with Crippen LogP contribution in [0.25, 0.3) is 0 Å². The number of halogens is 1. The highest BCUT2D eigenvalue weighted by Crippen LogP contribution is 2.21. The molecule has 2 aromatic rings. The Balaban J connectivity index is 2.24. The van der Waals surface area contributed by atoms with Crippen molar-refractivity contribution in [2.75, 3.05) is 5.32 Å². The number of aryl methyl sites for hydroxylation is 1. The lowest BCUT2D eigenvalue weighted by atomic mass is 10.2. The number of benzene rings is 2. The number of nitrogens with one attached hydrogen (secondary N) is 1. The quantitative estimate of drug-likeness (QED) is 0.793. The first kappa shape index (κ1) is 13.2. The van der Waals surface area contributed by atoms with Gasteiger partial charge in [0.25, 0.3) is 5.91 Å². The lowest BCUT2D eigenvalue weighted by Crippen LogP contribution is -2.12. The van der Waals surface area contributed by atoms with Crippen LogP contribution in [0.3, 0.4) is 0 Å². The van der Waals surface area contributed by atoms with E-state index in [1.165, 1.54) is 0 Å². The minimum atomic E-state index is -0.150. The highest BCUT2D eigenvalue weighted by atomic mass is 79.9. The Bertz CT molecular complexity index is 598. The van der Waals surface area contributed by atoms with Crippen molar-refractivity contribution in [1.82, 2.24) is 0 Å². The molecule has 2 nitrogen and oxygen atoms in total. The average Bonchev–Trinajstić information content (AvgIpc) is 2.32. The van der Waals surface area contributed by atoms with Gasteiger partial charge in [-0.05, 0) is 58.7 Å². The highest BCUT2D eigenvalue weighted by Gasteiger charge is 2.10. The number of carbonyl (C=O) groups is 1. The number of hydrogen-bond donors (Lipinski definition) is 2. The SMILES string of the molecule is Cc1cccc(NC(=O)c2cc(S)ccc2Br)c1. The molecule has 2 rings (SSSR count). The van der Waals surface area contributed by atoms with E-state index in [-0.39, 0.29) is 5.91 Å². The van der Waals surface area contributed by atoms with E-state index < -0.39 is 0 Å². The molecule has 4 heteroatoms. The number of carbonyl (C=O) groups excluding carboxylic acids is 1. The summed E-state index contributed by atoms with van der Waals surface area (Å²) in [6.45, 7) is 1.99. The van der Waals surface area contributed by atoms with Crippen LogP contribution in [-0.2, 0) is 0 Å². The molecule has 0 heterocycles. The van der Waals surface area contributed by atoms with Crippen LogP contribution in [0.15, 0.2) is 51.8 Å². The first-order valence-corrected chi connectivity index (χ1v) is 6.67. The molecule has 92 valence electrons. The smallest absolute Gasteiger partial charge is 0.256 e. The van der Waals surface area contributed by atoms with Gasteiger partial charge in [0, 0.05) is 15.1 Å². The Morgan fingerprint density at radius 1 is 1.22 bits per heavy atom. The third-order valence-corrected chi connectivity index (χ3v) is 3.44. The molecule has 0 atom stereocenters. The fourth-order valence-electron chi connectivity index (χ4n) is 1.61. The number of hydrogen-bond acceptors (Lipinski definition) is 2. The van der Waals surface area contributed by atoms with E-state index in [0.717, 1.165) is 20.6 Å². The first-order chi connectivity index (χ1) is 8.56. The molecule has 0 aliphatic rings. The van der Waals surface area contributed by atoms with E-state index in [0.29, 0.717) is 5.56 Å². The molecule has 18 heavy (non-hydrogen) atoms. The molecule has 0 saturated carbocycles. The normalized spacial score (nSPS) is 10.2. The second-order valence-electron chi connectivity index (χ2n) is 3.99.